The zero-order chi connectivity index (χ0) is 15.6. The van der Waals surface area contributed by atoms with Crippen LogP contribution in [0, 0.1) is 5.82 Å². The Bertz CT molecular complexity index is 565. The molecule has 2 amide bonds. The largest absolute Gasteiger partial charge is 0.343 e. The maximum Gasteiger partial charge on any atom is 0.246 e. The molecule has 0 aliphatic carbocycles. The van der Waals surface area contributed by atoms with Gasteiger partial charge in [-0.1, -0.05) is 29.3 Å². The fourth-order valence-electron chi connectivity index (χ4n) is 2.43. The number of piperazine rings is 1. The van der Waals surface area contributed by atoms with Crippen molar-refractivity contribution in [3.8, 4) is 0 Å². The molecule has 2 rings (SSSR count). The Hall–Kier alpha value is -1.43. The van der Waals surface area contributed by atoms with Gasteiger partial charge in [0.05, 0.1) is 0 Å². The molecular weight excluding hydrogens is 339 g/mol. The van der Waals surface area contributed by atoms with Crippen LogP contribution in [0.1, 0.15) is 32.3 Å². The highest BCUT2D eigenvalue weighted by molar-refractivity contribution is 9.10. The van der Waals surface area contributed by atoms with Crippen molar-refractivity contribution >= 4 is 27.7 Å². The maximum absolute atomic E-state index is 13.9. The number of nitrogens with zero attached hydrogens (tertiary/aromatic N) is 1. The van der Waals surface area contributed by atoms with E-state index in [9.17, 15) is 14.0 Å². The van der Waals surface area contributed by atoms with E-state index < -0.39 is 12.1 Å². The van der Waals surface area contributed by atoms with E-state index in [0.29, 0.717) is 12.0 Å². The summed E-state index contributed by atoms with van der Waals surface area (Å²) in [5.74, 6) is -0.719. The van der Waals surface area contributed by atoms with E-state index in [4.69, 9.17) is 0 Å². The SMILES string of the molecule is CCCC1NC(=O)C(C)N(Cc2cc(Br)ccc2F)C1=O. The molecule has 1 aromatic carbocycles. The molecule has 1 N–H and O–H groups in total. The fraction of sp³-hybridized carbons (Fsp3) is 0.467. The summed E-state index contributed by atoms with van der Waals surface area (Å²) in [4.78, 5) is 25.9. The summed E-state index contributed by atoms with van der Waals surface area (Å²) in [5.41, 5.74) is 0.398. The molecule has 0 spiro atoms. The lowest BCUT2D eigenvalue weighted by atomic mass is 10.0. The molecule has 6 heteroatoms. The van der Waals surface area contributed by atoms with Gasteiger partial charge < -0.3 is 10.2 Å². The first-order valence-electron chi connectivity index (χ1n) is 6.98. The number of nitrogens with one attached hydrogen (secondary N) is 1. The molecule has 4 nitrogen and oxygen atoms in total. The second kappa shape index (κ2) is 6.56. The molecule has 0 radical (unpaired) electrons. The van der Waals surface area contributed by atoms with Crippen molar-refractivity contribution < 1.29 is 14.0 Å². The second-order valence-electron chi connectivity index (χ2n) is 5.23. The van der Waals surface area contributed by atoms with Crippen molar-refractivity contribution in [1.82, 2.24) is 10.2 Å². The van der Waals surface area contributed by atoms with E-state index in [0.717, 1.165) is 10.9 Å². The Kier molecular flexibility index (Phi) is 4.98. The molecule has 1 heterocycles. The smallest absolute Gasteiger partial charge is 0.246 e. The summed E-state index contributed by atoms with van der Waals surface area (Å²) < 4.78 is 14.6. The van der Waals surface area contributed by atoms with Crippen LogP contribution in [0.3, 0.4) is 0 Å². The van der Waals surface area contributed by atoms with Crippen LogP contribution < -0.4 is 5.32 Å². The Labute approximate surface area is 131 Å². The van der Waals surface area contributed by atoms with Crippen molar-refractivity contribution in [2.24, 2.45) is 0 Å². The third-order valence-corrected chi connectivity index (χ3v) is 4.16. The minimum atomic E-state index is -0.594. The molecule has 1 aliphatic heterocycles. The van der Waals surface area contributed by atoms with Crippen molar-refractivity contribution in [2.45, 2.75) is 45.3 Å². The number of carbonyl (C=O) groups excluding carboxylic acids is 2. The van der Waals surface area contributed by atoms with Crippen molar-refractivity contribution in [3.63, 3.8) is 0 Å². The number of rotatable bonds is 4. The first-order chi connectivity index (χ1) is 9.93. The van der Waals surface area contributed by atoms with Crippen LogP contribution >= 0.6 is 15.9 Å². The van der Waals surface area contributed by atoms with E-state index >= 15 is 0 Å². The molecule has 1 aliphatic rings. The lowest BCUT2D eigenvalue weighted by Crippen LogP contribution is -2.61. The van der Waals surface area contributed by atoms with Crippen LogP contribution in [0.4, 0.5) is 4.39 Å². The lowest BCUT2D eigenvalue weighted by molar-refractivity contribution is -0.149. The summed E-state index contributed by atoms with van der Waals surface area (Å²) in [7, 11) is 0. The Morgan fingerprint density at radius 1 is 1.38 bits per heavy atom. The number of hydrogen-bond donors (Lipinski definition) is 1. The van der Waals surface area contributed by atoms with E-state index in [1.54, 1.807) is 19.1 Å². The summed E-state index contributed by atoms with van der Waals surface area (Å²) in [6.07, 6.45) is 1.39. The molecule has 114 valence electrons. The number of hydrogen-bond acceptors (Lipinski definition) is 2. The Balaban J connectivity index is 2.25. The monoisotopic (exact) mass is 356 g/mol. The van der Waals surface area contributed by atoms with E-state index in [1.807, 2.05) is 6.92 Å². The van der Waals surface area contributed by atoms with Gasteiger partial charge in [-0.25, -0.2) is 4.39 Å². The summed E-state index contributed by atoms with van der Waals surface area (Å²) in [6.45, 7) is 3.71. The van der Waals surface area contributed by atoms with Gasteiger partial charge in [0.15, 0.2) is 0 Å². The van der Waals surface area contributed by atoms with E-state index in [-0.39, 0.29) is 24.2 Å². The number of carbonyl (C=O) groups is 2. The predicted octanol–water partition coefficient (Wildman–Crippen LogP) is 2.60. The first-order valence-corrected chi connectivity index (χ1v) is 7.78. The van der Waals surface area contributed by atoms with E-state index in [2.05, 4.69) is 21.2 Å². The summed E-state index contributed by atoms with van der Waals surface area (Å²) in [5, 5.41) is 2.73. The molecule has 1 saturated heterocycles. The van der Waals surface area contributed by atoms with Crippen LogP contribution in [-0.2, 0) is 16.1 Å². The molecule has 2 atom stereocenters. The molecule has 1 fully saturated rings. The van der Waals surface area contributed by atoms with Crippen LogP contribution in [-0.4, -0.2) is 28.8 Å². The Morgan fingerprint density at radius 3 is 2.76 bits per heavy atom. The number of benzene rings is 1. The highest BCUT2D eigenvalue weighted by Gasteiger charge is 2.37. The topological polar surface area (TPSA) is 49.4 Å². The van der Waals surface area contributed by atoms with Crippen LogP contribution in [0.25, 0.3) is 0 Å². The van der Waals surface area contributed by atoms with Gasteiger partial charge in [0.1, 0.15) is 17.9 Å². The van der Waals surface area contributed by atoms with Gasteiger partial charge in [-0.2, -0.15) is 0 Å². The summed E-state index contributed by atoms with van der Waals surface area (Å²) in [6, 6.07) is 3.49. The van der Waals surface area contributed by atoms with Crippen molar-refractivity contribution in [3.05, 3.63) is 34.1 Å². The minimum absolute atomic E-state index is 0.0961. The zero-order valence-electron chi connectivity index (χ0n) is 12.0. The van der Waals surface area contributed by atoms with Gasteiger partial charge in [-0.15, -0.1) is 0 Å². The number of amides is 2. The Morgan fingerprint density at radius 2 is 2.10 bits per heavy atom. The highest BCUT2D eigenvalue weighted by Crippen LogP contribution is 2.21. The normalized spacial score (nSPS) is 22.4. The molecule has 0 bridgehead atoms. The molecule has 21 heavy (non-hydrogen) atoms. The van der Waals surface area contributed by atoms with Gasteiger partial charge in [-0.05, 0) is 31.5 Å². The van der Waals surface area contributed by atoms with Gasteiger partial charge in [0.25, 0.3) is 0 Å². The third-order valence-electron chi connectivity index (χ3n) is 3.67. The van der Waals surface area contributed by atoms with Gasteiger partial charge in [0.2, 0.25) is 11.8 Å². The van der Waals surface area contributed by atoms with Gasteiger partial charge >= 0.3 is 0 Å². The minimum Gasteiger partial charge on any atom is -0.343 e. The third kappa shape index (κ3) is 3.43. The predicted molar refractivity (Wildman–Crippen MR) is 81.0 cm³/mol. The average Bonchev–Trinajstić information content (AvgIpc) is 2.44. The second-order valence-corrected chi connectivity index (χ2v) is 6.14. The van der Waals surface area contributed by atoms with Crippen LogP contribution in [0.5, 0.6) is 0 Å². The van der Waals surface area contributed by atoms with Crippen LogP contribution in [0.15, 0.2) is 22.7 Å². The quantitative estimate of drug-likeness (QED) is 0.901. The molecular formula is C15H18BrFN2O2. The van der Waals surface area contributed by atoms with E-state index in [1.165, 1.54) is 11.0 Å². The standard InChI is InChI=1S/C15H18BrFN2O2/c1-3-4-13-15(21)19(9(2)14(20)18-13)8-10-7-11(16)5-6-12(10)17/h5-7,9,13H,3-4,8H2,1-2H3,(H,18,20). The van der Waals surface area contributed by atoms with Gasteiger partial charge in [0, 0.05) is 16.6 Å². The summed E-state index contributed by atoms with van der Waals surface area (Å²) >= 11 is 3.29. The zero-order valence-corrected chi connectivity index (χ0v) is 13.6. The first kappa shape index (κ1) is 15.9. The molecule has 0 saturated carbocycles. The number of halogens is 2. The van der Waals surface area contributed by atoms with Gasteiger partial charge in [-0.3, -0.25) is 9.59 Å². The van der Waals surface area contributed by atoms with Crippen molar-refractivity contribution in [2.75, 3.05) is 0 Å². The highest BCUT2D eigenvalue weighted by atomic mass is 79.9. The van der Waals surface area contributed by atoms with Crippen molar-refractivity contribution in [1.29, 1.82) is 0 Å². The maximum atomic E-state index is 13.9. The fourth-order valence-corrected chi connectivity index (χ4v) is 2.84. The molecule has 0 aromatic heterocycles. The van der Waals surface area contributed by atoms with Crippen LogP contribution in [0.2, 0.25) is 0 Å². The average molecular weight is 357 g/mol. The molecule has 1 aromatic rings. The molecule has 2 unspecified atom stereocenters. The lowest BCUT2D eigenvalue weighted by Gasteiger charge is -2.37.